The van der Waals surface area contributed by atoms with Crippen molar-refractivity contribution in [1.29, 1.82) is 0 Å². The Labute approximate surface area is 110 Å². The number of nitrogens with zero attached hydrogens (tertiary/aromatic N) is 2. The van der Waals surface area contributed by atoms with Crippen LogP contribution in [0, 0.1) is 0 Å². The fourth-order valence-corrected chi connectivity index (χ4v) is 1.90. The molecule has 1 rings (SSSR count). The summed E-state index contributed by atoms with van der Waals surface area (Å²) >= 11 is 0. The Bertz CT molecular complexity index is 238. The van der Waals surface area contributed by atoms with Gasteiger partial charge in [-0.15, -0.1) is 0 Å². The van der Waals surface area contributed by atoms with Gasteiger partial charge in [-0.05, 0) is 33.9 Å². The van der Waals surface area contributed by atoms with Gasteiger partial charge in [-0.3, -0.25) is 4.79 Å². The van der Waals surface area contributed by atoms with Gasteiger partial charge in [0.1, 0.15) is 6.61 Å². The highest BCUT2D eigenvalue weighted by molar-refractivity contribution is 5.77. The van der Waals surface area contributed by atoms with E-state index >= 15 is 0 Å². The SMILES string of the molecule is CC(C)OCC(=O)NCCCN1CCN(C)CC1. The van der Waals surface area contributed by atoms with E-state index in [1.807, 2.05) is 13.8 Å². The summed E-state index contributed by atoms with van der Waals surface area (Å²) < 4.78 is 5.23. The summed E-state index contributed by atoms with van der Waals surface area (Å²) in [6.07, 6.45) is 1.12. The van der Waals surface area contributed by atoms with Gasteiger partial charge < -0.3 is 19.9 Å². The molecule has 1 saturated heterocycles. The van der Waals surface area contributed by atoms with Crippen molar-refractivity contribution in [2.24, 2.45) is 0 Å². The molecule has 0 radical (unpaired) electrons. The van der Waals surface area contributed by atoms with Gasteiger partial charge in [-0.2, -0.15) is 0 Å². The van der Waals surface area contributed by atoms with E-state index in [1.165, 1.54) is 0 Å². The molecule has 0 aromatic carbocycles. The first-order valence-electron chi connectivity index (χ1n) is 6.87. The molecule has 0 aromatic heterocycles. The third kappa shape index (κ3) is 6.93. The highest BCUT2D eigenvalue weighted by Crippen LogP contribution is 1.99. The molecule has 106 valence electrons. The van der Waals surface area contributed by atoms with Crippen LogP contribution in [0.5, 0.6) is 0 Å². The van der Waals surface area contributed by atoms with Crippen molar-refractivity contribution in [2.45, 2.75) is 26.4 Å². The molecular weight excluding hydrogens is 230 g/mol. The van der Waals surface area contributed by atoms with Gasteiger partial charge in [0.05, 0.1) is 6.10 Å². The number of hydrogen-bond acceptors (Lipinski definition) is 4. The zero-order chi connectivity index (χ0) is 13.4. The largest absolute Gasteiger partial charge is 0.369 e. The molecule has 1 N–H and O–H groups in total. The topological polar surface area (TPSA) is 44.8 Å². The van der Waals surface area contributed by atoms with Crippen molar-refractivity contribution in [2.75, 3.05) is 52.9 Å². The molecule has 0 aliphatic carbocycles. The lowest BCUT2D eigenvalue weighted by molar-refractivity contribution is -0.127. The molecule has 0 atom stereocenters. The lowest BCUT2D eigenvalue weighted by Crippen LogP contribution is -2.45. The lowest BCUT2D eigenvalue weighted by Gasteiger charge is -2.32. The summed E-state index contributed by atoms with van der Waals surface area (Å²) in [6.45, 7) is 10.4. The fourth-order valence-electron chi connectivity index (χ4n) is 1.90. The highest BCUT2D eigenvalue weighted by atomic mass is 16.5. The Hall–Kier alpha value is -0.650. The van der Waals surface area contributed by atoms with E-state index in [0.717, 1.165) is 45.7 Å². The first-order chi connectivity index (χ1) is 8.58. The molecule has 1 fully saturated rings. The van der Waals surface area contributed by atoms with Gasteiger partial charge in [-0.25, -0.2) is 0 Å². The smallest absolute Gasteiger partial charge is 0.246 e. The lowest BCUT2D eigenvalue weighted by atomic mass is 10.3. The monoisotopic (exact) mass is 257 g/mol. The number of carbonyl (C=O) groups excluding carboxylic acids is 1. The minimum absolute atomic E-state index is 0.0120. The van der Waals surface area contributed by atoms with Crippen LogP contribution in [0.3, 0.4) is 0 Å². The Morgan fingerprint density at radius 2 is 1.94 bits per heavy atom. The molecule has 18 heavy (non-hydrogen) atoms. The van der Waals surface area contributed by atoms with Crippen LogP contribution in [0.1, 0.15) is 20.3 Å². The molecule has 0 spiro atoms. The van der Waals surface area contributed by atoms with Crippen LogP contribution in [0.25, 0.3) is 0 Å². The second-order valence-electron chi connectivity index (χ2n) is 5.21. The van der Waals surface area contributed by atoms with Crippen molar-refractivity contribution in [3.63, 3.8) is 0 Å². The Kier molecular flexibility index (Phi) is 7.23. The summed E-state index contributed by atoms with van der Waals surface area (Å²) in [5, 5.41) is 2.89. The Balaban J connectivity index is 1.96. The van der Waals surface area contributed by atoms with Crippen LogP contribution in [0.15, 0.2) is 0 Å². The van der Waals surface area contributed by atoms with Crippen LogP contribution >= 0.6 is 0 Å². The van der Waals surface area contributed by atoms with E-state index in [2.05, 4.69) is 22.2 Å². The van der Waals surface area contributed by atoms with Crippen molar-refractivity contribution >= 4 is 5.91 Å². The summed E-state index contributed by atoms with van der Waals surface area (Å²) in [4.78, 5) is 16.2. The van der Waals surface area contributed by atoms with E-state index in [1.54, 1.807) is 0 Å². The van der Waals surface area contributed by atoms with Crippen molar-refractivity contribution < 1.29 is 9.53 Å². The standard InChI is InChI=1S/C13H27N3O2/c1-12(2)18-11-13(17)14-5-4-6-16-9-7-15(3)8-10-16/h12H,4-11H2,1-3H3,(H,14,17). The van der Waals surface area contributed by atoms with E-state index in [-0.39, 0.29) is 18.6 Å². The van der Waals surface area contributed by atoms with E-state index in [4.69, 9.17) is 4.74 Å². The Morgan fingerprint density at radius 1 is 1.28 bits per heavy atom. The van der Waals surface area contributed by atoms with Crippen LogP contribution < -0.4 is 5.32 Å². The predicted molar refractivity (Wildman–Crippen MR) is 72.7 cm³/mol. The minimum Gasteiger partial charge on any atom is -0.369 e. The first-order valence-corrected chi connectivity index (χ1v) is 6.87. The number of piperazine rings is 1. The minimum atomic E-state index is -0.0120. The van der Waals surface area contributed by atoms with Crippen LogP contribution in [-0.2, 0) is 9.53 Å². The molecule has 0 bridgehead atoms. The summed E-state index contributed by atoms with van der Waals surface area (Å²) in [7, 11) is 2.16. The van der Waals surface area contributed by atoms with Crippen LogP contribution in [0.2, 0.25) is 0 Å². The molecule has 1 aliphatic heterocycles. The maximum Gasteiger partial charge on any atom is 0.246 e. The van der Waals surface area contributed by atoms with Gasteiger partial charge in [0.25, 0.3) is 0 Å². The number of carbonyl (C=O) groups is 1. The summed E-state index contributed by atoms with van der Waals surface area (Å²) in [6, 6.07) is 0. The fraction of sp³-hybridized carbons (Fsp3) is 0.923. The predicted octanol–water partition coefficient (Wildman–Crippen LogP) is 0.165. The first kappa shape index (κ1) is 15.4. The second kappa shape index (κ2) is 8.45. The van der Waals surface area contributed by atoms with Crippen molar-refractivity contribution in [3.8, 4) is 0 Å². The van der Waals surface area contributed by atoms with Gasteiger partial charge in [0.15, 0.2) is 0 Å². The van der Waals surface area contributed by atoms with Crippen molar-refractivity contribution in [3.05, 3.63) is 0 Å². The van der Waals surface area contributed by atoms with Gasteiger partial charge in [-0.1, -0.05) is 0 Å². The van der Waals surface area contributed by atoms with E-state index < -0.39 is 0 Å². The average molecular weight is 257 g/mol. The number of hydrogen-bond donors (Lipinski definition) is 1. The normalized spacial score (nSPS) is 18.2. The van der Waals surface area contributed by atoms with Gasteiger partial charge in [0, 0.05) is 32.7 Å². The molecule has 1 heterocycles. The molecular formula is C13H27N3O2. The van der Waals surface area contributed by atoms with E-state index in [0.29, 0.717) is 0 Å². The third-order valence-electron chi connectivity index (χ3n) is 3.12. The summed E-state index contributed by atoms with van der Waals surface area (Å²) in [5.74, 6) is -0.0120. The third-order valence-corrected chi connectivity index (χ3v) is 3.12. The number of likely N-dealkylation sites (N-methyl/N-ethyl adjacent to an activating group) is 1. The second-order valence-corrected chi connectivity index (χ2v) is 5.21. The van der Waals surface area contributed by atoms with Crippen LogP contribution in [-0.4, -0.2) is 74.7 Å². The van der Waals surface area contributed by atoms with Gasteiger partial charge >= 0.3 is 0 Å². The zero-order valence-electron chi connectivity index (χ0n) is 11.9. The quantitative estimate of drug-likeness (QED) is 0.660. The summed E-state index contributed by atoms with van der Waals surface area (Å²) in [5.41, 5.74) is 0. The average Bonchev–Trinajstić information content (AvgIpc) is 2.34. The molecule has 1 aliphatic rings. The maximum absolute atomic E-state index is 11.4. The van der Waals surface area contributed by atoms with Gasteiger partial charge in [0.2, 0.25) is 5.91 Å². The maximum atomic E-state index is 11.4. The van der Waals surface area contributed by atoms with Crippen LogP contribution in [0.4, 0.5) is 0 Å². The Morgan fingerprint density at radius 3 is 2.56 bits per heavy atom. The number of ether oxygens (including phenoxy) is 1. The molecule has 5 heteroatoms. The molecule has 0 aromatic rings. The molecule has 5 nitrogen and oxygen atoms in total. The van der Waals surface area contributed by atoms with Crippen molar-refractivity contribution in [1.82, 2.24) is 15.1 Å². The highest BCUT2D eigenvalue weighted by Gasteiger charge is 2.12. The number of amides is 1. The molecule has 1 amide bonds. The molecule has 0 unspecified atom stereocenters. The number of rotatable bonds is 7. The van der Waals surface area contributed by atoms with E-state index in [9.17, 15) is 4.79 Å². The number of nitrogens with one attached hydrogen (secondary N) is 1. The molecule has 0 saturated carbocycles. The zero-order valence-corrected chi connectivity index (χ0v) is 11.9.